The topological polar surface area (TPSA) is 56.7 Å². The van der Waals surface area contributed by atoms with Crippen LogP contribution in [-0.2, 0) is 6.54 Å². The SMILES string of the molecule is NSc1cc(F)cc(/C=C/Cn2ccc3c(Cl)ncnc32)c1. The summed E-state index contributed by atoms with van der Waals surface area (Å²) in [4.78, 5) is 8.85. The van der Waals surface area contributed by atoms with Gasteiger partial charge in [0.2, 0.25) is 0 Å². The zero-order chi connectivity index (χ0) is 15.5. The van der Waals surface area contributed by atoms with Gasteiger partial charge in [0.05, 0.1) is 5.39 Å². The Balaban J connectivity index is 1.82. The Hall–Kier alpha value is -1.89. The van der Waals surface area contributed by atoms with Crippen LogP contribution >= 0.6 is 23.5 Å². The zero-order valence-electron chi connectivity index (χ0n) is 11.4. The van der Waals surface area contributed by atoms with E-state index in [1.165, 1.54) is 18.5 Å². The largest absolute Gasteiger partial charge is 0.329 e. The van der Waals surface area contributed by atoms with E-state index in [1.807, 2.05) is 35.0 Å². The summed E-state index contributed by atoms with van der Waals surface area (Å²) < 4.78 is 15.4. The first-order chi connectivity index (χ1) is 10.7. The van der Waals surface area contributed by atoms with Crippen molar-refractivity contribution >= 4 is 40.7 Å². The highest BCUT2D eigenvalue weighted by molar-refractivity contribution is 7.97. The van der Waals surface area contributed by atoms with Gasteiger partial charge >= 0.3 is 0 Å². The lowest BCUT2D eigenvalue weighted by Gasteiger charge is -2.02. The molecule has 0 aliphatic carbocycles. The average Bonchev–Trinajstić information content (AvgIpc) is 2.91. The molecule has 2 N–H and O–H groups in total. The van der Waals surface area contributed by atoms with E-state index in [4.69, 9.17) is 16.7 Å². The molecule has 0 saturated carbocycles. The zero-order valence-corrected chi connectivity index (χ0v) is 13.0. The monoisotopic (exact) mass is 334 g/mol. The third-order valence-electron chi connectivity index (χ3n) is 3.15. The third-order valence-corrected chi connectivity index (χ3v) is 3.96. The number of allylic oxidation sites excluding steroid dienone is 1. The smallest absolute Gasteiger partial charge is 0.145 e. The summed E-state index contributed by atoms with van der Waals surface area (Å²) in [6.07, 6.45) is 7.09. The predicted molar refractivity (Wildman–Crippen MR) is 88.0 cm³/mol. The van der Waals surface area contributed by atoms with Crippen molar-refractivity contribution in [2.75, 3.05) is 0 Å². The van der Waals surface area contributed by atoms with Crippen LogP contribution in [0.25, 0.3) is 17.1 Å². The van der Waals surface area contributed by atoms with Crippen LogP contribution in [0.1, 0.15) is 5.56 Å². The first kappa shape index (κ1) is 15.0. The third kappa shape index (κ3) is 3.14. The maximum Gasteiger partial charge on any atom is 0.145 e. The molecule has 0 spiro atoms. The Morgan fingerprint density at radius 1 is 1.32 bits per heavy atom. The standard InChI is InChI=1S/C15H12ClFN4S/c16-14-13-3-5-21(15(13)20-9-19-14)4-1-2-10-6-11(17)8-12(7-10)22-18/h1-3,5-9H,4,18H2/b2-1+. The van der Waals surface area contributed by atoms with Crippen molar-refractivity contribution in [3.8, 4) is 0 Å². The van der Waals surface area contributed by atoms with Gasteiger partial charge in [-0.3, -0.25) is 5.14 Å². The van der Waals surface area contributed by atoms with E-state index in [0.29, 0.717) is 16.6 Å². The van der Waals surface area contributed by atoms with E-state index >= 15 is 0 Å². The molecule has 0 saturated heterocycles. The van der Waals surface area contributed by atoms with Gasteiger partial charge in [-0.15, -0.1) is 0 Å². The fourth-order valence-electron chi connectivity index (χ4n) is 2.17. The van der Waals surface area contributed by atoms with Crippen LogP contribution in [0.5, 0.6) is 0 Å². The van der Waals surface area contributed by atoms with Gasteiger partial charge in [0.1, 0.15) is 22.9 Å². The Morgan fingerprint density at radius 2 is 2.18 bits per heavy atom. The molecule has 0 atom stereocenters. The molecule has 112 valence electrons. The molecule has 2 heterocycles. The quantitative estimate of drug-likeness (QED) is 0.580. The van der Waals surface area contributed by atoms with E-state index in [0.717, 1.165) is 28.5 Å². The van der Waals surface area contributed by atoms with E-state index < -0.39 is 0 Å². The summed E-state index contributed by atoms with van der Waals surface area (Å²) in [5.74, 6) is -0.305. The summed E-state index contributed by atoms with van der Waals surface area (Å²) in [6, 6.07) is 6.57. The number of rotatable bonds is 4. The second kappa shape index (κ2) is 6.48. The van der Waals surface area contributed by atoms with Crippen LogP contribution in [-0.4, -0.2) is 14.5 Å². The summed E-state index contributed by atoms with van der Waals surface area (Å²) in [5.41, 5.74) is 1.53. The number of nitrogens with zero attached hydrogens (tertiary/aromatic N) is 3. The molecular weight excluding hydrogens is 323 g/mol. The van der Waals surface area contributed by atoms with Crippen LogP contribution in [0.15, 0.2) is 47.8 Å². The molecule has 0 unspecified atom stereocenters. The summed E-state index contributed by atoms with van der Waals surface area (Å²) in [7, 11) is 0. The van der Waals surface area contributed by atoms with Gasteiger partial charge in [-0.25, -0.2) is 14.4 Å². The minimum Gasteiger partial charge on any atom is -0.329 e. The van der Waals surface area contributed by atoms with Gasteiger partial charge in [-0.2, -0.15) is 0 Å². The van der Waals surface area contributed by atoms with Crippen molar-refractivity contribution in [3.63, 3.8) is 0 Å². The lowest BCUT2D eigenvalue weighted by Crippen LogP contribution is -1.95. The lowest BCUT2D eigenvalue weighted by atomic mass is 10.2. The van der Waals surface area contributed by atoms with Crippen molar-refractivity contribution in [2.45, 2.75) is 11.4 Å². The highest BCUT2D eigenvalue weighted by Gasteiger charge is 2.05. The van der Waals surface area contributed by atoms with E-state index in [2.05, 4.69) is 9.97 Å². The molecule has 22 heavy (non-hydrogen) atoms. The maximum atomic E-state index is 13.4. The highest BCUT2D eigenvalue weighted by atomic mass is 35.5. The highest BCUT2D eigenvalue weighted by Crippen LogP contribution is 2.20. The Labute approximate surface area is 136 Å². The molecule has 1 aromatic carbocycles. The normalized spacial score (nSPS) is 11.6. The molecule has 0 fully saturated rings. The van der Waals surface area contributed by atoms with Crippen molar-refractivity contribution in [3.05, 3.63) is 59.4 Å². The molecule has 2 aromatic heterocycles. The maximum absolute atomic E-state index is 13.4. The van der Waals surface area contributed by atoms with Gasteiger partial charge < -0.3 is 4.57 Å². The lowest BCUT2D eigenvalue weighted by molar-refractivity contribution is 0.624. The number of aromatic nitrogens is 3. The number of fused-ring (bicyclic) bond motifs is 1. The minimum atomic E-state index is -0.305. The summed E-state index contributed by atoms with van der Waals surface area (Å²) in [5, 5.41) is 6.71. The molecule has 0 radical (unpaired) electrons. The number of nitrogens with two attached hydrogens (primary N) is 1. The van der Waals surface area contributed by atoms with Crippen LogP contribution in [0.4, 0.5) is 4.39 Å². The molecule has 0 aliphatic rings. The summed E-state index contributed by atoms with van der Waals surface area (Å²) >= 11 is 7.03. The van der Waals surface area contributed by atoms with Crippen molar-refractivity contribution in [1.29, 1.82) is 0 Å². The fraction of sp³-hybridized carbons (Fsp3) is 0.0667. The number of benzene rings is 1. The summed E-state index contributed by atoms with van der Waals surface area (Å²) in [6.45, 7) is 0.596. The molecule has 7 heteroatoms. The van der Waals surface area contributed by atoms with E-state index in [-0.39, 0.29) is 5.82 Å². The van der Waals surface area contributed by atoms with Crippen LogP contribution < -0.4 is 5.14 Å². The first-order valence-corrected chi connectivity index (χ1v) is 7.72. The Morgan fingerprint density at radius 3 is 3.00 bits per heavy atom. The molecule has 3 aromatic rings. The van der Waals surface area contributed by atoms with Gasteiger partial charge in [0, 0.05) is 17.6 Å². The van der Waals surface area contributed by atoms with Crippen LogP contribution in [0.3, 0.4) is 0 Å². The molecule has 0 amide bonds. The fourth-order valence-corrected chi connectivity index (χ4v) is 2.75. The Kier molecular flexibility index (Phi) is 4.42. The number of hydrogen-bond donors (Lipinski definition) is 1. The molecule has 3 rings (SSSR count). The van der Waals surface area contributed by atoms with Gasteiger partial charge in [0.25, 0.3) is 0 Å². The Bertz CT molecular complexity index is 847. The molecular formula is C15H12ClFN4S. The van der Waals surface area contributed by atoms with E-state index in [9.17, 15) is 4.39 Å². The van der Waals surface area contributed by atoms with Crippen LogP contribution in [0.2, 0.25) is 5.15 Å². The van der Waals surface area contributed by atoms with Crippen molar-refractivity contribution in [2.24, 2.45) is 5.14 Å². The second-order valence-corrected chi connectivity index (χ2v) is 5.68. The van der Waals surface area contributed by atoms with Crippen LogP contribution in [0, 0.1) is 5.82 Å². The van der Waals surface area contributed by atoms with Gasteiger partial charge in [-0.05, 0) is 41.8 Å². The number of hydrogen-bond acceptors (Lipinski definition) is 4. The molecule has 0 aliphatic heterocycles. The predicted octanol–water partition coefficient (Wildman–Crippen LogP) is 3.90. The van der Waals surface area contributed by atoms with Gasteiger partial charge in [-0.1, -0.05) is 23.8 Å². The molecule has 4 nitrogen and oxygen atoms in total. The average molecular weight is 335 g/mol. The molecule has 0 bridgehead atoms. The van der Waals surface area contributed by atoms with Crippen molar-refractivity contribution < 1.29 is 4.39 Å². The first-order valence-electron chi connectivity index (χ1n) is 6.46. The number of halogens is 2. The van der Waals surface area contributed by atoms with E-state index in [1.54, 1.807) is 0 Å². The van der Waals surface area contributed by atoms with Crippen molar-refractivity contribution in [1.82, 2.24) is 14.5 Å². The second-order valence-electron chi connectivity index (χ2n) is 4.61. The minimum absolute atomic E-state index is 0.305. The van der Waals surface area contributed by atoms with Gasteiger partial charge in [0.15, 0.2) is 0 Å².